The molecule has 2 aromatic heterocycles. The van der Waals surface area contributed by atoms with Crippen molar-refractivity contribution in [2.24, 2.45) is 0 Å². The Kier molecular flexibility index (Phi) is 3.79. The highest BCUT2D eigenvalue weighted by Gasteiger charge is 2.23. The minimum atomic E-state index is -0.220. The van der Waals surface area contributed by atoms with Crippen molar-refractivity contribution in [3.05, 3.63) is 59.8 Å². The Morgan fingerprint density at radius 1 is 1.26 bits per heavy atom. The molecule has 0 spiro atoms. The SMILES string of the molecule is Fc1cccc(Cn2c(C3CCCOC3)nc3cccnc32)c1. The molecule has 118 valence electrons. The van der Waals surface area contributed by atoms with E-state index >= 15 is 0 Å². The van der Waals surface area contributed by atoms with Gasteiger partial charge in [0.2, 0.25) is 0 Å². The Balaban J connectivity index is 1.79. The molecular weight excluding hydrogens is 293 g/mol. The van der Waals surface area contributed by atoms with E-state index in [0.717, 1.165) is 42.0 Å². The van der Waals surface area contributed by atoms with Crippen LogP contribution in [0.2, 0.25) is 0 Å². The van der Waals surface area contributed by atoms with Crippen molar-refractivity contribution in [1.82, 2.24) is 14.5 Å². The minimum Gasteiger partial charge on any atom is -0.381 e. The molecule has 1 atom stereocenters. The van der Waals surface area contributed by atoms with E-state index in [2.05, 4.69) is 9.55 Å². The summed E-state index contributed by atoms with van der Waals surface area (Å²) in [5, 5.41) is 0. The fourth-order valence-electron chi connectivity index (χ4n) is 3.21. The molecule has 1 aromatic carbocycles. The van der Waals surface area contributed by atoms with Crippen LogP contribution in [0.5, 0.6) is 0 Å². The van der Waals surface area contributed by atoms with Crippen LogP contribution >= 0.6 is 0 Å². The second kappa shape index (κ2) is 6.08. The first-order chi connectivity index (χ1) is 11.3. The van der Waals surface area contributed by atoms with Crippen molar-refractivity contribution < 1.29 is 9.13 Å². The first-order valence-corrected chi connectivity index (χ1v) is 7.94. The Morgan fingerprint density at radius 2 is 2.22 bits per heavy atom. The molecule has 3 aromatic rings. The molecule has 1 aliphatic rings. The van der Waals surface area contributed by atoms with Crippen LogP contribution in [0.4, 0.5) is 4.39 Å². The Labute approximate surface area is 133 Å². The highest BCUT2D eigenvalue weighted by Crippen LogP contribution is 2.28. The van der Waals surface area contributed by atoms with Gasteiger partial charge in [0.25, 0.3) is 0 Å². The average molecular weight is 311 g/mol. The zero-order valence-corrected chi connectivity index (χ0v) is 12.8. The maximum absolute atomic E-state index is 13.5. The van der Waals surface area contributed by atoms with Crippen LogP contribution < -0.4 is 0 Å². The number of rotatable bonds is 3. The Bertz CT molecular complexity index is 824. The molecule has 0 N–H and O–H groups in total. The summed E-state index contributed by atoms with van der Waals surface area (Å²) >= 11 is 0. The first-order valence-electron chi connectivity index (χ1n) is 7.94. The van der Waals surface area contributed by atoms with E-state index in [4.69, 9.17) is 9.72 Å². The monoisotopic (exact) mass is 311 g/mol. The molecule has 0 amide bonds. The van der Waals surface area contributed by atoms with E-state index in [0.29, 0.717) is 13.2 Å². The van der Waals surface area contributed by atoms with Crippen LogP contribution in [0.25, 0.3) is 11.2 Å². The molecular formula is C18H18FN3O. The average Bonchev–Trinajstić information content (AvgIpc) is 2.95. The van der Waals surface area contributed by atoms with Crippen molar-refractivity contribution in [2.75, 3.05) is 13.2 Å². The predicted molar refractivity (Wildman–Crippen MR) is 85.8 cm³/mol. The quantitative estimate of drug-likeness (QED) is 0.743. The number of hydrogen-bond donors (Lipinski definition) is 0. The highest BCUT2D eigenvalue weighted by molar-refractivity contribution is 5.71. The molecule has 0 radical (unpaired) electrons. The van der Waals surface area contributed by atoms with E-state index in [9.17, 15) is 4.39 Å². The topological polar surface area (TPSA) is 39.9 Å². The fourth-order valence-corrected chi connectivity index (χ4v) is 3.21. The van der Waals surface area contributed by atoms with Gasteiger partial charge < -0.3 is 9.30 Å². The van der Waals surface area contributed by atoms with Crippen LogP contribution in [0, 0.1) is 5.82 Å². The molecule has 1 aliphatic heterocycles. The molecule has 1 unspecified atom stereocenters. The first kappa shape index (κ1) is 14.3. The summed E-state index contributed by atoms with van der Waals surface area (Å²) in [7, 11) is 0. The largest absolute Gasteiger partial charge is 0.381 e. The van der Waals surface area contributed by atoms with Gasteiger partial charge in [0.05, 0.1) is 13.2 Å². The maximum Gasteiger partial charge on any atom is 0.160 e. The van der Waals surface area contributed by atoms with Gasteiger partial charge in [-0.1, -0.05) is 12.1 Å². The number of pyridine rings is 1. The highest BCUT2D eigenvalue weighted by atomic mass is 19.1. The van der Waals surface area contributed by atoms with Crippen molar-refractivity contribution in [3.63, 3.8) is 0 Å². The van der Waals surface area contributed by atoms with Gasteiger partial charge in [-0.05, 0) is 42.7 Å². The van der Waals surface area contributed by atoms with E-state index in [1.54, 1.807) is 18.3 Å². The van der Waals surface area contributed by atoms with Gasteiger partial charge >= 0.3 is 0 Å². The Morgan fingerprint density at radius 3 is 3.04 bits per heavy atom. The van der Waals surface area contributed by atoms with Gasteiger partial charge in [0, 0.05) is 18.7 Å². The van der Waals surface area contributed by atoms with E-state index in [1.807, 2.05) is 18.2 Å². The van der Waals surface area contributed by atoms with Gasteiger partial charge in [-0.25, -0.2) is 14.4 Å². The third kappa shape index (κ3) is 2.84. The number of aromatic nitrogens is 3. The van der Waals surface area contributed by atoms with Crippen LogP contribution in [-0.4, -0.2) is 27.7 Å². The maximum atomic E-state index is 13.5. The third-order valence-corrected chi connectivity index (χ3v) is 4.29. The molecule has 3 heterocycles. The summed E-state index contributed by atoms with van der Waals surface area (Å²) in [4.78, 5) is 9.26. The second-order valence-corrected chi connectivity index (χ2v) is 5.95. The summed E-state index contributed by atoms with van der Waals surface area (Å²) in [5.41, 5.74) is 2.63. The summed E-state index contributed by atoms with van der Waals surface area (Å²) < 4.78 is 21.2. The van der Waals surface area contributed by atoms with Crippen LogP contribution in [0.3, 0.4) is 0 Å². The molecule has 0 bridgehead atoms. The number of imidazole rings is 1. The summed E-state index contributed by atoms with van der Waals surface area (Å²) in [6.45, 7) is 2.07. The summed E-state index contributed by atoms with van der Waals surface area (Å²) in [5.74, 6) is 1.04. The standard InChI is InChI=1S/C18H18FN3O/c19-15-6-1-4-13(10-15)11-22-17(14-5-3-9-23-12-14)21-16-7-2-8-20-18(16)22/h1-2,4,6-8,10,14H,3,5,9,11-12H2. The van der Waals surface area contributed by atoms with Crippen molar-refractivity contribution in [2.45, 2.75) is 25.3 Å². The zero-order valence-electron chi connectivity index (χ0n) is 12.8. The zero-order chi connectivity index (χ0) is 15.6. The van der Waals surface area contributed by atoms with E-state index in [-0.39, 0.29) is 11.7 Å². The van der Waals surface area contributed by atoms with Gasteiger partial charge in [0.1, 0.15) is 17.2 Å². The molecule has 1 fully saturated rings. The molecule has 23 heavy (non-hydrogen) atoms. The second-order valence-electron chi connectivity index (χ2n) is 5.95. The molecule has 1 saturated heterocycles. The molecule has 5 heteroatoms. The minimum absolute atomic E-state index is 0.220. The lowest BCUT2D eigenvalue weighted by Gasteiger charge is -2.22. The normalized spacial score (nSPS) is 18.4. The number of hydrogen-bond acceptors (Lipinski definition) is 3. The number of benzene rings is 1. The van der Waals surface area contributed by atoms with Gasteiger partial charge in [-0.15, -0.1) is 0 Å². The molecule has 0 aliphatic carbocycles. The Hall–Kier alpha value is -2.27. The lowest BCUT2D eigenvalue weighted by Crippen LogP contribution is -2.20. The van der Waals surface area contributed by atoms with E-state index < -0.39 is 0 Å². The number of halogens is 1. The summed E-state index contributed by atoms with van der Waals surface area (Å²) in [6.07, 6.45) is 3.88. The van der Waals surface area contributed by atoms with Gasteiger partial charge in [0.15, 0.2) is 5.65 Å². The predicted octanol–water partition coefficient (Wildman–Crippen LogP) is 3.51. The summed E-state index contributed by atoms with van der Waals surface area (Å²) in [6, 6.07) is 10.6. The molecule has 4 rings (SSSR count). The van der Waals surface area contributed by atoms with E-state index in [1.165, 1.54) is 6.07 Å². The molecule has 0 saturated carbocycles. The number of nitrogens with zero attached hydrogens (tertiary/aromatic N) is 3. The third-order valence-electron chi connectivity index (χ3n) is 4.29. The smallest absolute Gasteiger partial charge is 0.160 e. The van der Waals surface area contributed by atoms with Crippen LogP contribution in [-0.2, 0) is 11.3 Å². The van der Waals surface area contributed by atoms with Crippen LogP contribution in [0.15, 0.2) is 42.6 Å². The van der Waals surface area contributed by atoms with Crippen molar-refractivity contribution in [1.29, 1.82) is 0 Å². The lowest BCUT2D eigenvalue weighted by molar-refractivity contribution is 0.0772. The fraction of sp³-hybridized carbons (Fsp3) is 0.333. The van der Waals surface area contributed by atoms with Crippen molar-refractivity contribution >= 4 is 11.2 Å². The molecule has 4 nitrogen and oxygen atoms in total. The van der Waals surface area contributed by atoms with Crippen molar-refractivity contribution in [3.8, 4) is 0 Å². The van der Waals surface area contributed by atoms with Gasteiger partial charge in [-0.3, -0.25) is 0 Å². The lowest BCUT2D eigenvalue weighted by atomic mass is 10.0. The number of ether oxygens (including phenoxy) is 1. The van der Waals surface area contributed by atoms with Crippen LogP contribution in [0.1, 0.15) is 30.1 Å². The number of fused-ring (bicyclic) bond motifs is 1. The van der Waals surface area contributed by atoms with Gasteiger partial charge in [-0.2, -0.15) is 0 Å².